The second kappa shape index (κ2) is 5.24. The smallest absolute Gasteiger partial charge is 0.394 e. The van der Waals surface area contributed by atoms with Crippen molar-refractivity contribution in [3.05, 3.63) is 32.9 Å². The van der Waals surface area contributed by atoms with Gasteiger partial charge in [0.2, 0.25) is 5.82 Å². The summed E-state index contributed by atoms with van der Waals surface area (Å²) in [6, 6.07) is 0. The molecule has 7 nitrogen and oxygen atoms in total. The molecule has 0 radical (unpaired) electrons. The van der Waals surface area contributed by atoms with E-state index in [9.17, 15) is 32.3 Å². The molecule has 4 atom stereocenters. The number of nitrogens with one attached hydrogen (secondary N) is 1. The summed E-state index contributed by atoms with van der Waals surface area (Å²) in [6.07, 6.45) is -10.5. The molecule has 0 saturated carbocycles. The Morgan fingerprint density at radius 1 is 1.38 bits per heavy atom. The Bertz CT molecular complexity index is 640. The van der Waals surface area contributed by atoms with Crippen LogP contribution in [0.2, 0.25) is 0 Å². The standard InChI is InChI=1S/C10H10F4N2O5/c11-3-1-16(9(20)15-7(3)19)8-6(18)5(10(12,13)14)4(2-17)21-8/h1,4-6,8,17-18H,2H2,(H,15,19,20)/t4-,5-,6-,8-/m1/s1. The highest BCUT2D eigenvalue weighted by Crippen LogP contribution is 2.42. The second-order valence-electron chi connectivity index (χ2n) is 4.45. The Labute approximate surface area is 113 Å². The summed E-state index contributed by atoms with van der Waals surface area (Å²) in [5.74, 6) is -3.88. The van der Waals surface area contributed by atoms with Gasteiger partial charge in [-0.05, 0) is 0 Å². The van der Waals surface area contributed by atoms with Crippen molar-refractivity contribution >= 4 is 0 Å². The normalized spacial score (nSPS) is 29.8. The van der Waals surface area contributed by atoms with Crippen molar-refractivity contribution in [1.82, 2.24) is 9.55 Å². The Morgan fingerprint density at radius 2 is 2.00 bits per heavy atom. The van der Waals surface area contributed by atoms with Gasteiger partial charge in [0.25, 0.3) is 5.56 Å². The van der Waals surface area contributed by atoms with Crippen LogP contribution in [0.4, 0.5) is 17.6 Å². The molecule has 21 heavy (non-hydrogen) atoms. The van der Waals surface area contributed by atoms with Crippen molar-refractivity contribution in [1.29, 1.82) is 0 Å². The van der Waals surface area contributed by atoms with Crippen LogP contribution >= 0.6 is 0 Å². The SMILES string of the molecule is O=c1[nH]c(=O)n([C@@H]2O[C@H](CO)[C@@H](C(F)(F)F)[C@H]2O)cc1F. The molecule has 1 aliphatic rings. The minimum Gasteiger partial charge on any atom is -0.394 e. The summed E-state index contributed by atoms with van der Waals surface area (Å²) < 4.78 is 56.6. The van der Waals surface area contributed by atoms with Crippen LogP contribution in [0.5, 0.6) is 0 Å². The second-order valence-corrected chi connectivity index (χ2v) is 4.45. The number of rotatable bonds is 2. The lowest BCUT2D eigenvalue weighted by atomic mass is 9.98. The number of hydrogen-bond donors (Lipinski definition) is 3. The molecule has 0 aliphatic carbocycles. The number of aromatic amines is 1. The molecule has 0 spiro atoms. The monoisotopic (exact) mass is 314 g/mol. The first-order valence-electron chi connectivity index (χ1n) is 5.69. The van der Waals surface area contributed by atoms with E-state index in [2.05, 4.69) is 0 Å². The lowest BCUT2D eigenvalue weighted by molar-refractivity contribution is -0.205. The van der Waals surface area contributed by atoms with Crippen LogP contribution in [0.3, 0.4) is 0 Å². The number of alkyl halides is 3. The fraction of sp³-hybridized carbons (Fsp3) is 0.600. The molecule has 1 fully saturated rings. The van der Waals surface area contributed by atoms with Crippen LogP contribution in [0.15, 0.2) is 15.8 Å². The van der Waals surface area contributed by atoms with Gasteiger partial charge in [-0.2, -0.15) is 17.6 Å². The maximum atomic E-state index is 13.1. The van der Waals surface area contributed by atoms with E-state index in [1.165, 1.54) is 4.98 Å². The van der Waals surface area contributed by atoms with Gasteiger partial charge in [0.15, 0.2) is 6.23 Å². The maximum absolute atomic E-state index is 13.1. The van der Waals surface area contributed by atoms with E-state index in [4.69, 9.17) is 9.84 Å². The van der Waals surface area contributed by atoms with E-state index in [1.807, 2.05) is 0 Å². The molecule has 11 heteroatoms. The highest BCUT2D eigenvalue weighted by Gasteiger charge is 2.57. The molecular formula is C10H10F4N2O5. The third kappa shape index (κ3) is 2.71. The van der Waals surface area contributed by atoms with Gasteiger partial charge < -0.3 is 14.9 Å². The highest BCUT2D eigenvalue weighted by atomic mass is 19.4. The van der Waals surface area contributed by atoms with Crippen molar-refractivity contribution < 1.29 is 32.5 Å². The van der Waals surface area contributed by atoms with E-state index < -0.39 is 54.2 Å². The number of nitrogens with zero attached hydrogens (tertiary/aromatic N) is 1. The van der Waals surface area contributed by atoms with Gasteiger partial charge in [0, 0.05) is 0 Å². The summed E-state index contributed by atoms with van der Waals surface area (Å²) in [6.45, 7) is -1.06. The topological polar surface area (TPSA) is 105 Å². The maximum Gasteiger partial charge on any atom is 0.397 e. The first-order chi connectivity index (χ1) is 9.66. The summed E-state index contributed by atoms with van der Waals surface area (Å²) in [5.41, 5.74) is -2.60. The van der Waals surface area contributed by atoms with Crippen molar-refractivity contribution in [2.24, 2.45) is 5.92 Å². The predicted molar refractivity (Wildman–Crippen MR) is 57.8 cm³/mol. The number of H-pyrrole nitrogens is 1. The van der Waals surface area contributed by atoms with Crippen molar-refractivity contribution in [2.45, 2.75) is 24.6 Å². The Balaban J connectivity index is 2.45. The van der Waals surface area contributed by atoms with Gasteiger partial charge in [-0.25, -0.2) is 4.79 Å². The minimum absolute atomic E-state index is 0.301. The molecule has 1 aromatic heterocycles. The van der Waals surface area contributed by atoms with Gasteiger partial charge in [-0.1, -0.05) is 0 Å². The van der Waals surface area contributed by atoms with E-state index in [-0.39, 0.29) is 0 Å². The van der Waals surface area contributed by atoms with Crippen LogP contribution in [-0.2, 0) is 4.74 Å². The van der Waals surface area contributed by atoms with Crippen LogP contribution in [0.1, 0.15) is 6.23 Å². The number of aliphatic hydroxyl groups excluding tert-OH is 2. The van der Waals surface area contributed by atoms with Gasteiger partial charge in [0.1, 0.15) is 12.0 Å². The molecule has 0 bridgehead atoms. The van der Waals surface area contributed by atoms with E-state index in [0.29, 0.717) is 10.8 Å². The van der Waals surface area contributed by atoms with E-state index >= 15 is 0 Å². The molecule has 0 unspecified atom stereocenters. The molecule has 1 saturated heterocycles. The van der Waals surface area contributed by atoms with Gasteiger partial charge >= 0.3 is 11.9 Å². The largest absolute Gasteiger partial charge is 0.397 e. The minimum atomic E-state index is -4.90. The lowest BCUT2D eigenvalue weighted by Gasteiger charge is -2.21. The quantitative estimate of drug-likeness (QED) is 0.614. The molecule has 1 aliphatic heterocycles. The first kappa shape index (κ1) is 15.7. The fourth-order valence-electron chi connectivity index (χ4n) is 2.18. The zero-order valence-electron chi connectivity index (χ0n) is 10.2. The molecule has 0 amide bonds. The van der Waals surface area contributed by atoms with Gasteiger partial charge in [0.05, 0.1) is 18.9 Å². The molecular weight excluding hydrogens is 304 g/mol. The van der Waals surface area contributed by atoms with Crippen LogP contribution in [0.25, 0.3) is 0 Å². The highest BCUT2D eigenvalue weighted by molar-refractivity contribution is 4.96. The average Bonchev–Trinajstić information content (AvgIpc) is 2.70. The van der Waals surface area contributed by atoms with Crippen molar-refractivity contribution in [2.75, 3.05) is 6.61 Å². The number of aromatic nitrogens is 2. The number of halogens is 4. The zero-order valence-corrected chi connectivity index (χ0v) is 10.2. The molecule has 1 aromatic rings. The summed E-state index contributed by atoms with van der Waals surface area (Å²) in [5, 5.41) is 18.6. The summed E-state index contributed by atoms with van der Waals surface area (Å²) in [7, 11) is 0. The lowest BCUT2D eigenvalue weighted by Crippen LogP contribution is -2.41. The third-order valence-electron chi connectivity index (χ3n) is 3.13. The predicted octanol–water partition coefficient (Wildman–Crippen LogP) is -0.895. The van der Waals surface area contributed by atoms with Gasteiger partial charge in [-0.3, -0.25) is 14.3 Å². The fourth-order valence-corrected chi connectivity index (χ4v) is 2.18. The van der Waals surface area contributed by atoms with Crippen molar-refractivity contribution in [3.8, 4) is 0 Å². The third-order valence-corrected chi connectivity index (χ3v) is 3.13. The molecule has 118 valence electrons. The first-order valence-corrected chi connectivity index (χ1v) is 5.69. The molecule has 3 N–H and O–H groups in total. The van der Waals surface area contributed by atoms with Crippen LogP contribution in [0, 0.1) is 11.7 Å². The number of aliphatic hydroxyl groups is 2. The van der Waals surface area contributed by atoms with Crippen LogP contribution < -0.4 is 11.2 Å². The summed E-state index contributed by atoms with van der Waals surface area (Å²) >= 11 is 0. The Hall–Kier alpha value is -1.72. The Morgan fingerprint density at radius 3 is 2.48 bits per heavy atom. The van der Waals surface area contributed by atoms with E-state index in [1.54, 1.807) is 0 Å². The van der Waals surface area contributed by atoms with Gasteiger partial charge in [-0.15, -0.1) is 0 Å². The number of ether oxygens (including phenoxy) is 1. The Kier molecular flexibility index (Phi) is 3.91. The molecule has 0 aromatic carbocycles. The van der Waals surface area contributed by atoms with Crippen molar-refractivity contribution in [3.63, 3.8) is 0 Å². The zero-order chi connectivity index (χ0) is 15.9. The van der Waals surface area contributed by atoms with Crippen LogP contribution in [-0.4, -0.2) is 44.8 Å². The number of hydrogen-bond acceptors (Lipinski definition) is 5. The van der Waals surface area contributed by atoms with E-state index in [0.717, 1.165) is 0 Å². The molecule has 2 heterocycles. The molecule has 2 rings (SSSR count). The average molecular weight is 314 g/mol. The summed E-state index contributed by atoms with van der Waals surface area (Å²) in [4.78, 5) is 23.9.